The molecule has 1 amide bonds. The Morgan fingerprint density at radius 1 is 1.23 bits per heavy atom. The van der Waals surface area contributed by atoms with Crippen molar-refractivity contribution >= 4 is 27.5 Å². The summed E-state index contributed by atoms with van der Waals surface area (Å²) >= 11 is 0. The molecule has 30 heavy (non-hydrogen) atoms. The zero-order chi connectivity index (χ0) is 22.3. The smallest absolute Gasteiger partial charge is 0.409 e. The highest BCUT2D eigenvalue weighted by molar-refractivity contribution is 7.92. The van der Waals surface area contributed by atoms with Crippen LogP contribution in [0.5, 0.6) is 5.75 Å². The van der Waals surface area contributed by atoms with Crippen molar-refractivity contribution < 1.29 is 40.6 Å². The molecule has 162 valence electrons. The van der Waals surface area contributed by atoms with Gasteiger partial charge in [-0.2, -0.15) is 13.2 Å². The van der Waals surface area contributed by atoms with Crippen molar-refractivity contribution in [2.45, 2.75) is 23.2 Å². The Morgan fingerprint density at radius 2 is 1.87 bits per heavy atom. The zero-order valence-corrected chi connectivity index (χ0v) is 15.7. The van der Waals surface area contributed by atoms with Gasteiger partial charge in [-0.15, -0.1) is 0 Å². The Bertz CT molecular complexity index is 1060. The van der Waals surface area contributed by atoms with Crippen LogP contribution in [-0.4, -0.2) is 44.5 Å². The Kier molecular flexibility index (Phi) is 5.52. The summed E-state index contributed by atoms with van der Waals surface area (Å²) in [4.78, 5) is 10.5. The summed E-state index contributed by atoms with van der Waals surface area (Å²) in [7, 11) is -4.46. The Balaban J connectivity index is 2.11. The summed E-state index contributed by atoms with van der Waals surface area (Å²) in [5, 5.41) is 10.9. The number of nitrogens with one attached hydrogen (secondary N) is 1. The van der Waals surface area contributed by atoms with Crippen LogP contribution in [0.2, 0.25) is 0 Å². The van der Waals surface area contributed by atoms with Crippen LogP contribution >= 0.6 is 0 Å². The number of amides is 1. The number of alkyl halides is 3. The fourth-order valence-electron chi connectivity index (χ4n) is 2.83. The number of halogens is 4. The van der Waals surface area contributed by atoms with E-state index in [4.69, 9.17) is 15.6 Å². The van der Waals surface area contributed by atoms with E-state index < -0.39 is 46.8 Å². The van der Waals surface area contributed by atoms with Gasteiger partial charge in [0.1, 0.15) is 23.7 Å². The van der Waals surface area contributed by atoms with Gasteiger partial charge in [0.2, 0.25) is 0 Å². The predicted molar refractivity (Wildman–Crippen MR) is 97.5 cm³/mol. The maximum atomic E-state index is 13.2. The lowest BCUT2D eigenvalue weighted by molar-refractivity contribution is -0.164. The molecule has 4 N–H and O–H groups in total. The van der Waals surface area contributed by atoms with Crippen molar-refractivity contribution in [3.8, 4) is 5.75 Å². The Hall–Kier alpha value is -3.06. The van der Waals surface area contributed by atoms with Gasteiger partial charge in [-0.1, -0.05) is 0 Å². The van der Waals surface area contributed by atoms with Crippen molar-refractivity contribution in [1.29, 1.82) is 0 Å². The molecule has 2 atom stereocenters. The minimum absolute atomic E-state index is 0.0391. The molecule has 0 saturated carbocycles. The highest BCUT2D eigenvalue weighted by Crippen LogP contribution is 2.40. The number of rotatable bonds is 4. The number of carbonyl (C=O) groups is 1. The van der Waals surface area contributed by atoms with Crippen LogP contribution in [0.25, 0.3) is 0 Å². The van der Waals surface area contributed by atoms with E-state index in [1.54, 1.807) is 0 Å². The summed E-state index contributed by atoms with van der Waals surface area (Å²) in [5.74, 6) is -0.950. The van der Waals surface area contributed by atoms with Crippen LogP contribution in [0.1, 0.15) is 0 Å². The van der Waals surface area contributed by atoms with Gasteiger partial charge in [0.25, 0.3) is 10.0 Å². The molecule has 0 spiro atoms. The number of fused-ring (bicyclic) bond motifs is 1. The second-order valence-corrected chi connectivity index (χ2v) is 8.19. The van der Waals surface area contributed by atoms with Gasteiger partial charge in [-0.05, 0) is 42.5 Å². The first kappa shape index (κ1) is 21.6. The fourth-order valence-corrected chi connectivity index (χ4v) is 4.31. The van der Waals surface area contributed by atoms with Crippen LogP contribution in [0, 0.1) is 5.82 Å². The van der Waals surface area contributed by atoms with Crippen LogP contribution in [0.4, 0.5) is 33.7 Å². The van der Waals surface area contributed by atoms with E-state index in [9.17, 15) is 30.8 Å². The van der Waals surface area contributed by atoms with Crippen LogP contribution in [-0.2, 0) is 10.0 Å². The van der Waals surface area contributed by atoms with Crippen LogP contribution in [0.15, 0.2) is 47.4 Å². The second kappa shape index (κ2) is 7.65. The van der Waals surface area contributed by atoms with E-state index in [1.165, 1.54) is 6.07 Å². The standard InChI is InChI=1S/C17H15F4N3O5S/c18-9-1-4-11(5-2-9)30(27,28)24-8-14(15(22)17(19,20)21)29-13-6-3-10(7-12(13)24)23-16(25)26/h1-7,14-15,23H,8,22H2,(H,25,26)/t14-,15-/m1/s1. The molecule has 8 nitrogen and oxygen atoms in total. The summed E-state index contributed by atoms with van der Waals surface area (Å²) in [6, 6.07) is 4.61. The van der Waals surface area contributed by atoms with Gasteiger partial charge >= 0.3 is 12.3 Å². The summed E-state index contributed by atoms with van der Waals surface area (Å²) in [5.41, 5.74) is 4.99. The third kappa shape index (κ3) is 4.26. The number of ether oxygens (including phenoxy) is 1. The minimum atomic E-state index is -4.86. The molecular weight excluding hydrogens is 434 g/mol. The molecule has 13 heteroatoms. The topological polar surface area (TPSA) is 122 Å². The maximum Gasteiger partial charge on any atom is 0.409 e. The number of hydrogen-bond acceptors (Lipinski definition) is 5. The quantitative estimate of drug-likeness (QED) is 0.617. The van der Waals surface area contributed by atoms with Crippen LogP contribution < -0.4 is 20.1 Å². The SMILES string of the molecule is N[C@H]([C@H]1CN(S(=O)(=O)c2ccc(F)cc2)c2cc(NC(=O)O)ccc2O1)C(F)(F)F. The highest BCUT2D eigenvalue weighted by Gasteiger charge is 2.47. The molecule has 2 aromatic carbocycles. The molecule has 0 aliphatic carbocycles. The van der Waals surface area contributed by atoms with E-state index in [2.05, 4.69) is 0 Å². The van der Waals surface area contributed by atoms with Crippen LogP contribution in [0.3, 0.4) is 0 Å². The Morgan fingerprint density at radius 3 is 2.43 bits per heavy atom. The number of nitrogens with two attached hydrogens (primary N) is 1. The van der Waals surface area contributed by atoms with E-state index in [1.807, 2.05) is 5.32 Å². The number of benzene rings is 2. The van der Waals surface area contributed by atoms with E-state index in [0.29, 0.717) is 4.31 Å². The number of hydrogen-bond donors (Lipinski definition) is 3. The summed E-state index contributed by atoms with van der Waals surface area (Å²) in [6.07, 6.45) is -8.07. The van der Waals surface area contributed by atoms with Crippen molar-refractivity contribution in [3.63, 3.8) is 0 Å². The molecule has 0 unspecified atom stereocenters. The van der Waals surface area contributed by atoms with Crippen molar-refractivity contribution in [2.75, 3.05) is 16.2 Å². The number of nitrogens with zero attached hydrogens (tertiary/aromatic N) is 1. The highest BCUT2D eigenvalue weighted by atomic mass is 32.2. The summed E-state index contributed by atoms with van der Waals surface area (Å²) < 4.78 is 84.7. The number of sulfonamides is 1. The van der Waals surface area contributed by atoms with E-state index in [0.717, 1.165) is 36.4 Å². The molecule has 0 bridgehead atoms. The normalized spacial score (nSPS) is 17.6. The van der Waals surface area contributed by atoms with E-state index in [-0.39, 0.29) is 22.0 Å². The second-order valence-electron chi connectivity index (χ2n) is 6.33. The third-order valence-electron chi connectivity index (χ3n) is 4.28. The van der Waals surface area contributed by atoms with Gasteiger partial charge in [0.15, 0.2) is 0 Å². The molecule has 0 fully saturated rings. The first-order valence-corrected chi connectivity index (χ1v) is 9.75. The number of carboxylic acid groups (broad SMARTS) is 1. The van der Waals surface area contributed by atoms with Gasteiger partial charge < -0.3 is 15.6 Å². The molecule has 1 aliphatic heterocycles. The molecule has 0 radical (unpaired) electrons. The van der Waals surface area contributed by atoms with Crippen molar-refractivity contribution in [1.82, 2.24) is 0 Å². The largest absolute Gasteiger partial charge is 0.484 e. The minimum Gasteiger partial charge on any atom is -0.484 e. The average Bonchev–Trinajstić information content (AvgIpc) is 2.65. The molecule has 3 rings (SSSR count). The molecule has 1 heterocycles. The van der Waals surface area contributed by atoms with Crippen molar-refractivity contribution in [2.24, 2.45) is 5.73 Å². The average molecular weight is 449 g/mol. The fraction of sp³-hybridized carbons (Fsp3) is 0.235. The lowest BCUT2D eigenvalue weighted by Gasteiger charge is -2.38. The van der Waals surface area contributed by atoms with Crippen molar-refractivity contribution in [3.05, 3.63) is 48.3 Å². The molecular formula is C17H15F4N3O5S. The predicted octanol–water partition coefficient (Wildman–Crippen LogP) is 2.76. The number of anilines is 2. The van der Waals surface area contributed by atoms with E-state index >= 15 is 0 Å². The lowest BCUT2D eigenvalue weighted by atomic mass is 10.1. The first-order valence-electron chi connectivity index (χ1n) is 8.31. The lowest BCUT2D eigenvalue weighted by Crippen LogP contribution is -2.56. The third-order valence-corrected chi connectivity index (χ3v) is 6.08. The summed E-state index contributed by atoms with van der Waals surface area (Å²) in [6.45, 7) is -0.802. The first-order chi connectivity index (χ1) is 13.9. The van der Waals surface area contributed by atoms with Gasteiger partial charge in [0, 0.05) is 5.69 Å². The zero-order valence-electron chi connectivity index (χ0n) is 14.9. The van der Waals surface area contributed by atoms with Gasteiger partial charge in [0.05, 0.1) is 17.1 Å². The molecule has 0 saturated heterocycles. The molecule has 1 aliphatic rings. The molecule has 2 aromatic rings. The Labute approximate surface area is 167 Å². The monoisotopic (exact) mass is 449 g/mol. The van der Waals surface area contributed by atoms with Gasteiger partial charge in [-0.25, -0.2) is 17.6 Å². The maximum absolute atomic E-state index is 13.2. The van der Waals surface area contributed by atoms with Gasteiger partial charge in [-0.3, -0.25) is 9.62 Å². The molecule has 0 aromatic heterocycles.